The molecule has 1 aromatic carbocycles. The summed E-state index contributed by atoms with van der Waals surface area (Å²) < 4.78 is 18.3. The smallest absolute Gasteiger partial charge is 0.338 e. The Labute approximate surface area is 132 Å². The van der Waals surface area contributed by atoms with Crippen LogP contribution in [0.2, 0.25) is 0 Å². The average molecular weight is 305 g/mol. The van der Waals surface area contributed by atoms with Crippen LogP contribution in [0.3, 0.4) is 0 Å². The van der Waals surface area contributed by atoms with Crippen LogP contribution >= 0.6 is 0 Å². The summed E-state index contributed by atoms with van der Waals surface area (Å²) in [5.74, 6) is -1.08. The number of benzene rings is 1. The molecule has 120 valence electrons. The van der Waals surface area contributed by atoms with Crippen molar-refractivity contribution >= 4 is 11.7 Å². The maximum Gasteiger partial charge on any atom is 0.338 e. The van der Waals surface area contributed by atoms with Crippen LogP contribution in [0.4, 0.5) is 4.39 Å². The van der Waals surface area contributed by atoms with Gasteiger partial charge in [-0.3, -0.25) is 4.99 Å². The quantitative estimate of drug-likeness (QED) is 0.438. The van der Waals surface area contributed by atoms with Crippen molar-refractivity contribution in [3.05, 3.63) is 60.0 Å². The Balaban J connectivity index is 0.00000211. The van der Waals surface area contributed by atoms with Crippen molar-refractivity contribution in [3.8, 4) is 0 Å². The summed E-state index contributed by atoms with van der Waals surface area (Å²) in [4.78, 5) is 16.2. The molecule has 0 heterocycles. The summed E-state index contributed by atoms with van der Waals surface area (Å²) in [5, 5.41) is 0. The Kier molecular flexibility index (Phi) is 9.43. The highest BCUT2D eigenvalue weighted by Crippen LogP contribution is 2.15. The summed E-state index contributed by atoms with van der Waals surface area (Å²) in [6.07, 6.45) is 1.53. The van der Waals surface area contributed by atoms with Crippen molar-refractivity contribution in [1.82, 2.24) is 0 Å². The highest BCUT2D eigenvalue weighted by Gasteiger charge is 2.16. The van der Waals surface area contributed by atoms with Gasteiger partial charge >= 0.3 is 5.97 Å². The molecule has 0 saturated carbocycles. The predicted octanol–water partition coefficient (Wildman–Crippen LogP) is 4.58. The molecule has 0 aliphatic rings. The SMILES string of the molecule is C=CC(=NCC(=C)C)c1ccc(F)cc1C(=O)OCC.CC. The first-order chi connectivity index (χ1) is 10.5. The van der Waals surface area contributed by atoms with Crippen LogP contribution in [0.1, 0.15) is 43.6 Å². The molecule has 0 aromatic heterocycles. The van der Waals surface area contributed by atoms with Crippen LogP contribution in [-0.2, 0) is 4.74 Å². The molecule has 0 radical (unpaired) electrons. The van der Waals surface area contributed by atoms with E-state index in [9.17, 15) is 9.18 Å². The van der Waals surface area contributed by atoms with Gasteiger partial charge in [-0.1, -0.05) is 32.6 Å². The van der Waals surface area contributed by atoms with Crippen molar-refractivity contribution in [2.75, 3.05) is 13.2 Å². The van der Waals surface area contributed by atoms with Gasteiger partial charge < -0.3 is 4.74 Å². The zero-order valence-corrected chi connectivity index (χ0v) is 13.8. The molecule has 1 aromatic rings. The second-order valence-electron chi connectivity index (χ2n) is 4.27. The number of nitrogens with zero attached hydrogens (tertiary/aromatic N) is 1. The van der Waals surface area contributed by atoms with Gasteiger partial charge in [-0.25, -0.2) is 9.18 Å². The lowest BCUT2D eigenvalue weighted by Gasteiger charge is -2.09. The third-order valence-corrected chi connectivity index (χ3v) is 2.47. The predicted molar refractivity (Wildman–Crippen MR) is 90.1 cm³/mol. The minimum absolute atomic E-state index is 0.146. The van der Waals surface area contributed by atoms with E-state index in [0.717, 1.165) is 11.6 Å². The van der Waals surface area contributed by atoms with E-state index in [4.69, 9.17) is 4.74 Å². The van der Waals surface area contributed by atoms with Gasteiger partial charge in [0, 0.05) is 5.56 Å². The van der Waals surface area contributed by atoms with Gasteiger partial charge in [0.2, 0.25) is 0 Å². The lowest BCUT2D eigenvalue weighted by molar-refractivity contribution is 0.0525. The minimum Gasteiger partial charge on any atom is -0.462 e. The summed E-state index contributed by atoms with van der Waals surface area (Å²) >= 11 is 0. The fraction of sp³-hybridized carbons (Fsp3) is 0.333. The van der Waals surface area contributed by atoms with Gasteiger partial charge in [0.05, 0.1) is 24.4 Å². The van der Waals surface area contributed by atoms with E-state index >= 15 is 0 Å². The second kappa shape index (κ2) is 10.5. The van der Waals surface area contributed by atoms with Gasteiger partial charge in [-0.15, -0.1) is 0 Å². The number of halogens is 1. The first kappa shape index (κ1) is 19.8. The minimum atomic E-state index is -0.577. The van der Waals surface area contributed by atoms with Crippen molar-refractivity contribution in [2.45, 2.75) is 27.7 Å². The maximum absolute atomic E-state index is 13.3. The van der Waals surface area contributed by atoms with E-state index in [1.807, 2.05) is 20.8 Å². The fourth-order valence-electron chi connectivity index (χ4n) is 1.60. The van der Waals surface area contributed by atoms with Crippen LogP contribution in [-0.4, -0.2) is 24.8 Å². The van der Waals surface area contributed by atoms with E-state index < -0.39 is 11.8 Å². The van der Waals surface area contributed by atoms with E-state index in [1.165, 1.54) is 18.2 Å². The van der Waals surface area contributed by atoms with Crippen LogP contribution in [0.5, 0.6) is 0 Å². The van der Waals surface area contributed by atoms with Crippen LogP contribution in [0, 0.1) is 5.82 Å². The zero-order chi connectivity index (χ0) is 17.1. The van der Waals surface area contributed by atoms with E-state index in [2.05, 4.69) is 18.2 Å². The summed E-state index contributed by atoms with van der Waals surface area (Å²) in [6.45, 7) is 15.6. The van der Waals surface area contributed by atoms with Gasteiger partial charge in [0.1, 0.15) is 5.82 Å². The molecule has 0 unspecified atom stereocenters. The molecule has 0 saturated heterocycles. The number of carbonyl (C=O) groups excluding carboxylic acids is 1. The standard InChI is InChI=1S/C16H18FNO2.C2H6/c1-5-15(18-10-11(3)4)13-8-7-12(17)9-14(13)16(19)20-6-2;1-2/h5,7-9H,1,3,6,10H2,2,4H3;1-2H3. The molecule has 1 rings (SSSR count). The number of carbonyl (C=O) groups is 1. The normalized spacial score (nSPS) is 10.3. The molecule has 0 atom stereocenters. The monoisotopic (exact) mass is 305 g/mol. The Morgan fingerprint density at radius 3 is 2.50 bits per heavy atom. The zero-order valence-electron chi connectivity index (χ0n) is 13.8. The van der Waals surface area contributed by atoms with Gasteiger partial charge in [-0.05, 0) is 38.1 Å². The number of rotatable bonds is 6. The molecule has 0 fully saturated rings. The van der Waals surface area contributed by atoms with Crippen LogP contribution in [0.25, 0.3) is 0 Å². The van der Waals surface area contributed by atoms with Gasteiger partial charge in [-0.2, -0.15) is 0 Å². The number of allylic oxidation sites excluding steroid dienone is 1. The van der Waals surface area contributed by atoms with E-state index in [0.29, 0.717) is 17.8 Å². The number of ether oxygens (including phenoxy) is 1. The van der Waals surface area contributed by atoms with Crippen molar-refractivity contribution in [1.29, 1.82) is 0 Å². The second-order valence-corrected chi connectivity index (χ2v) is 4.27. The molecule has 4 heteroatoms. The molecule has 0 aliphatic carbocycles. The molecule has 0 N–H and O–H groups in total. The lowest BCUT2D eigenvalue weighted by atomic mass is 10.0. The number of aliphatic imine (C=N–C) groups is 1. The largest absolute Gasteiger partial charge is 0.462 e. The van der Waals surface area contributed by atoms with E-state index in [1.54, 1.807) is 6.92 Å². The first-order valence-electron chi connectivity index (χ1n) is 7.27. The first-order valence-corrected chi connectivity index (χ1v) is 7.27. The Bertz CT molecular complexity index is 562. The van der Waals surface area contributed by atoms with E-state index in [-0.39, 0.29) is 12.2 Å². The van der Waals surface area contributed by atoms with Crippen LogP contribution < -0.4 is 0 Å². The molecular formula is C18H24FNO2. The lowest BCUT2D eigenvalue weighted by Crippen LogP contribution is -2.12. The summed E-state index contributed by atoms with van der Waals surface area (Å²) in [5.41, 5.74) is 2.04. The molecule has 0 bridgehead atoms. The molecule has 0 spiro atoms. The number of hydrogen-bond acceptors (Lipinski definition) is 3. The third kappa shape index (κ3) is 6.04. The maximum atomic E-state index is 13.3. The van der Waals surface area contributed by atoms with Crippen molar-refractivity contribution in [2.24, 2.45) is 4.99 Å². The molecule has 0 aliphatic heterocycles. The summed E-state index contributed by atoms with van der Waals surface area (Å²) in [7, 11) is 0. The van der Waals surface area contributed by atoms with Gasteiger partial charge in [0.25, 0.3) is 0 Å². The summed E-state index contributed by atoms with van der Waals surface area (Å²) in [6, 6.07) is 3.92. The van der Waals surface area contributed by atoms with Crippen LogP contribution in [0.15, 0.2) is 48.0 Å². The average Bonchev–Trinajstić information content (AvgIpc) is 2.51. The topological polar surface area (TPSA) is 38.7 Å². The Morgan fingerprint density at radius 1 is 1.36 bits per heavy atom. The molecule has 3 nitrogen and oxygen atoms in total. The molecule has 0 amide bonds. The number of esters is 1. The third-order valence-electron chi connectivity index (χ3n) is 2.47. The highest BCUT2D eigenvalue weighted by atomic mass is 19.1. The molecule has 22 heavy (non-hydrogen) atoms. The highest BCUT2D eigenvalue weighted by molar-refractivity contribution is 6.14. The van der Waals surface area contributed by atoms with Crippen molar-refractivity contribution < 1.29 is 13.9 Å². The number of hydrogen-bond donors (Lipinski definition) is 0. The fourth-order valence-corrected chi connectivity index (χ4v) is 1.60. The molecular weight excluding hydrogens is 281 g/mol. The van der Waals surface area contributed by atoms with Gasteiger partial charge in [0.15, 0.2) is 0 Å². The Morgan fingerprint density at radius 2 is 2.00 bits per heavy atom. The Hall–Kier alpha value is -2.23. The van der Waals surface area contributed by atoms with Crippen molar-refractivity contribution in [3.63, 3.8) is 0 Å².